The van der Waals surface area contributed by atoms with Gasteiger partial charge in [0.1, 0.15) is 0 Å². The molecule has 0 amide bonds. The monoisotopic (exact) mass is 218 g/mol. The van der Waals surface area contributed by atoms with Gasteiger partial charge in [0, 0.05) is 41.4 Å². The average Bonchev–Trinajstić information content (AvgIpc) is 2.40. The molecule has 0 aromatic carbocycles. The summed E-state index contributed by atoms with van der Waals surface area (Å²) in [6, 6.07) is 1.34. The summed E-state index contributed by atoms with van der Waals surface area (Å²) < 4.78 is 10.8. The van der Waals surface area contributed by atoms with Crippen molar-refractivity contribution in [2.45, 2.75) is 31.8 Å². The molecule has 14 heavy (non-hydrogen) atoms. The van der Waals surface area contributed by atoms with Crippen molar-refractivity contribution in [1.82, 2.24) is 10.2 Å². The summed E-state index contributed by atoms with van der Waals surface area (Å²) in [6.45, 7) is 4.42. The van der Waals surface area contributed by atoms with Crippen LogP contribution in [-0.4, -0.2) is 53.3 Å². The van der Waals surface area contributed by atoms with Gasteiger partial charge in [-0.25, -0.2) is 0 Å². The number of nitrogens with zero attached hydrogens (tertiary/aromatic N) is 1. The molecule has 0 aromatic heterocycles. The van der Waals surface area contributed by atoms with Crippen LogP contribution >= 0.6 is 0 Å². The molecule has 0 bridgehead atoms. The largest absolute Gasteiger partial charge is 0.313 e. The molecule has 0 radical (unpaired) electrons. The molecule has 0 aliphatic carbocycles. The molecular weight excluding hydrogens is 196 g/mol. The average molecular weight is 218 g/mol. The molecule has 0 spiro atoms. The minimum atomic E-state index is -0.633. The van der Waals surface area contributed by atoms with Gasteiger partial charge in [-0.3, -0.25) is 4.21 Å². The van der Waals surface area contributed by atoms with Crippen LogP contribution in [0.5, 0.6) is 0 Å². The normalized spacial score (nSPS) is 30.8. The highest BCUT2D eigenvalue weighted by Gasteiger charge is 2.24. The number of hydrogen-bond acceptors (Lipinski definition) is 3. The van der Waals surface area contributed by atoms with Gasteiger partial charge in [0.2, 0.25) is 0 Å². The van der Waals surface area contributed by atoms with Gasteiger partial charge in [-0.1, -0.05) is 0 Å². The van der Waals surface area contributed by atoms with Crippen molar-refractivity contribution in [3.63, 3.8) is 0 Å². The molecule has 4 heteroatoms. The molecule has 3 unspecified atom stereocenters. The first-order chi connectivity index (χ1) is 6.59. The van der Waals surface area contributed by atoms with Crippen LogP contribution in [-0.2, 0) is 10.8 Å². The van der Waals surface area contributed by atoms with Crippen LogP contribution in [0.2, 0.25) is 0 Å². The molecule has 1 aliphatic heterocycles. The summed E-state index contributed by atoms with van der Waals surface area (Å²) in [5, 5.41) is 3.52. The summed E-state index contributed by atoms with van der Waals surface area (Å²) in [5.74, 6) is 0.825. The SMILES string of the molecule is CC1CC(NCCCS(C)=O)CN1C. The third kappa shape index (κ3) is 4.07. The van der Waals surface area contributed by atoms with E-state index in [9.17, 15) is 4.21 Å². The first kappa shape index (κ1) is 12.1. The quantitative estimate of drug-likeness (QED) is 0.680. The Hall–Kier alpha value is 0.0700. The van der Waals surface area contributed by atoms with Crippen LogP contribution in [0.15, 0.2) is 0 Å². The van der Waals surface area contributed by atoms with E-state index in [2.05, 4.69) is 24.2 Å². The highest BCUT2D eigenvalue weighted by Crippen LogP contribution is 2.14. The van der Waals surface area contributed by atoms with Crippen LogP contribution in [0.4, 0.5) is 0 Å². The topological polar surface area (TPSA) is 32.3 Å². The molecule has 0 aromatic rings. The first-order valence-corrected chi connectivity index (χ1v) is 7.06. The molecular formula is C10H22N2OS. The molecule has 84 valence electrons. The van der Waals surface area contributed by atoms with Crippen molar-refractivity contribution in [3.05, 3.63) is 0 Å². The Bertz CT molecular complexity index is 189. The molecule has 1 fully saturated rings. The van der Waals surface area contributed by atoms with Gasteiger partial charge < -0.3 is 10.2 Å². The molecule has 1 saturated heterocycles. The summed E-state index contributed by atoms with van der Waals surface area (Å²) in [5.41, 5.74) is 0. The van der Waals surface area contributed by atoms with E-state index in [0.29, 0.717) is 12.1 Å². The van der Waals surface area contributed by atoms with E-state index in [1.165, 1.54) is 6.42 Å². The Labute approximate surface area is 89.7 Å². The predicted octanol–water partition coefficient (Wildman–Crippen LogP) is 0.437. The fourth-order valence-corrected chi connectivity index (χ4v) is 2.47. The Kier molecular flexibility index (Phi) is 5.06. The number of hydrogen-bond donors (Lipinski definition) is 1. The second kappa shape index (κ2) is 5.83. The van der Waals surface area contributed by atoms with Crippen molar-refractivity contribution >= 4 is 10.8 Å². The molecule has 1 heterocycles. The molecule has 3 atom stereocenters. The highest BCUT2D eigenvalue weighted by molar-refractivity contribution is 7.84. The number of nitrogens with one attached hydrogen (secondary N) is 1. The van der Waals surface area contributed by atoms with Gasteiger partial charge in [0.05, 0.1) is 0 Å². The van der Waals surface area contributed by atoms with Crippen molar-refractivity contribution in [2.75, 3.05) is 32.1 Å². The maximum absolute atomic E-state index is 10.8. The zero-order chi connectivity index (χ0) is 10.6. The Morgan fingerprint density at radius 2 is 2.29 bits per heavy atom. The second-order valence-corrected chi connectivity index (χ2v) is 5.86. The van der Waals surface area contributed by atoms with E-state index < -0.39 is 10.8 Å². The second-order valence-electron chi connectivity index (χ2n) is 4.31. The van der Waals surface area contributed by atoms with Crippen LogP contribution in [0, 0.1) is 0 Å². The summed E-state index contributed by atoms with van der Waals surface area (Å²) >= 11 is 0. The highest BCUT2D eigenvalue weighted by atomic mass is 32.2. The lowest BCUT2D eigenvalue weighted by Gasteiger charge is -2.13. The van der Waals surface area contributed by atoms with Crippen LogP contribution < -0.4 is 5.32 Å². The lowest BCUT2D eigenvalue weighted by molar-refractivity contribution is 0.327. The van der Waals surface area contributed by atoms with Crippen molar-refractivity contribution in [3.8, 4) is 0 Å². The maximum atomic E-state index is 10.8. The van der Waals surface area contributed by atoms with Crippen LogP contribution in [0.1, 0.15) is 19.8 Å². The van der Waals surface area contributed by atoms with Crippen LogP contribution in [0.3, 0.4) is 0 Å². The molecule has 0 saturated carbocycles. The third-order valence-corrected chi connectivity index (χ3v) is 3.79. The lowest BCUT2D eigenvalue weighted by Crippen LogP contribution is -2.32. The van der Waals surface area contributed by atoms with E-state index in [1.54, 1.807) is 6.26 Å². The predicted molar refractivity (Wildman–Crippen MR) is 62.1 cm³/mol. The fraction of sp³-hybridized carbons (Fsp3) is 1.00. The lowest BCUT2D eigenvalue weighted by atomic mass is 10.2. The molecule has 1 N–H and O–H groups in total. The summed E-state index contributed by atoms with van der Waals surface area (Å²) in [6.07, 6.45) is 4.04. The molecule has 1 aliphatic rings. The Balaban J connectivity index is 2.06. The van der Waals surface area contributed by atoms with Crippen LogP contribution in [0.25, 0.3) is 0 Å². The zero-order valence-corrected chi connectivity index (χ0v) is 10.3. The molecule has 3 nitrogen and oxygen atoms in total. The van der Waals surface area contributed by atoms with E-state index in [1.807, 2.05) is 0 Å². The fourth-order valence-electron chi connectivity index (χ4n) is 1.92. The first-order valence-electron chi connectivity index (χ1n) is 5.33. The van der Waals surface area contributed by atoms with E-state index in [0.717, 1.165) is 25.3 Å². The summed E-state index contributed by atoms with van der Waals surface area (Å²) in [4.78, 5) is 2.38. The third-order valence-electron chi connectivity index (χ3n) is 2.93. The van der Waals surface area contributed by atoms with Gasteiger partial charge in [0.25, 0.3) is 0 Å². The minimum Gasteiger partial charge on any atom is -0.313 e. The van der Waals surface area contributed by atoms with Gasteiger partial charge in [-0.05, 0) is 33.4 Å². The number of rotatable bonds is 5. The summed E-state index contributed by atoms with van der Waals surface area (Å²) in [7, 11) is 1.54. The van der Waals surface area contributed by atoms with Crippen molar-refractivity contribution < 1.29 is 4.21 Å². The van der Waals surface area contributed by atoms with Crippen molar-refractivity contribution in [2.24, 2.45) is 0 Å². The van der Waals surface area contributed by atoms with Gasteiger partial charge >= 0.3 is 0 Å². The molecule has 1 rings (SSSR count). The Morgan fingerprint density at radius 1 is 1.57 bits per heavy atom. The maximum Gasteiger partial charge on any atom is 0.0244 e. The number of likely N-dealkylation sites (N-methyl/N-ethyl adjacent to an activating group) is 1. The van der Waals surface area contributed by atoms with E-state index >= 15 is 0 Å². The zero-order valence-electron chi connectivity index (χ0n) is 9.45. The van der Waals surface area contributed by atoms with Gasteiger partial charge in [0.15, 0.2) is 0 Å². The van der Waals surface area contributed by atoms with Gasteiger partial charge in [-0.2, -0.15) is 0 Å². The van der Waals surface area contributed by atoms with Crippen molar-refractivity contribution in [1.29, 1.82) is 0 Å². The smallest absolute Gasteiger partial charge is 0.0244 e. The van der Waals surface area contributed by atoms with Gasteiger partial charge in [-0.15, -0.1) is 0 Å². The van der Waals surface area contributed by atoms with E-state index in [4.69, 9.17) is 0 Å². The Morgan fingerprint density at radius 3 is 2.79 bits per heavy atom. The van der Waals surface area contributed by atoms with E-state index in [-0.39, 0.29) is 0 Å². The number of likely N-dealkylation sites (tertiary alicyclic amines) is 1. The minimum absolute atomic E-state index is 0.633. The standard InChI is InChI=1S/C10H22N2OS/c1-9-7-10(8-12(9)2)11-5-4-6-14(3)13/h9-11H,4-8H2,1-3H3.